The molecule has 3 rings (SSSR count). The Morgan fingerprint density at radius 3 is 3.12 bits per heavy atom. The van der Waals surface area contributed by atoms with Gasteiger partial charge in [-0.1, -0.05) is 0 Å². The molecule has 0 N–H and O–H groups in total. The van der Waals surface area contributed by atoms with E-state index in [9.17, 15) is 4.79 Å². The van der Waals surface area contributed by atoms with Crippen LogP contribution in [0.3, 0.4) is 0 Å². The highest BCUT2D eigenvalue weighted by Crippen LogP contribution is 2.40. The Kier molecular flexibility index (Phi) is 5.58. The van der Waals surface area contributed by atoms with E-state index in [1.807, 2.05) is 19.0 Å². The summed E-state index contributed by atoms with van der Waals surface area (Å²) in [5, 5.41) is 0. The van der Waals surface area contributed by atoms with Crippen molar-refractivity contribution >= 4 is 5.91 Å². The van der Waals surface area contributed by atoms with Gasteiger partial charge in [0.15, 0.2) is 0 Å². The summed E-state index contributed by atoms with van der Waals surface area (Å²) in [6, 6.07) is 1.73. The zero-order valence-corrected chi connectivity index (χ0v) is 14.7. The van der Waals surface area contributed by atoms with Crippen molar-refractivity contribution in [2.45, 2.75) is 25.4 Å². The van der Waals surface area contributed by atoms with E-state index in [0.29, 0.717) is 25.3 Å². The molecule has 134 valence electrons. The van der Waals surface area contributed by atoms with Crippen molar-refractivity contribution < 1.29 is 18.7 Å². The molecule has 0 aliphatic carbocycles. The molecule has 2 fully saturated rings. The number of nitrogens with zero attached hydrogens (tertiary/aromatic N) is 2. The van der Waals surface area contributed by atoms with Crippen LogP contribution < -0.4 is 0 Å². The molecule has 1 aromatic rings. The van der Waals surface area contributed by atoms with E-state index < -0.39 is 0 Å². The fraction of sp³-hybridized carbons (Fsp3) is 0.722. The highest BCUT2D eigenvalue weighted by atomic mass is 16.5. The lowest BCUT2D eigenvalue weighted by molar-refractivity contribution is -0.147. The molecule has 0 aromatic carbocycles. The van der Waals surface area contributed by atoms with E-state index in [-0.39, 0.29) is 17.4 Å². The summed E-state index contributed by atoms with van der Waals surface area (Å²) in [5.41, 5.74) is 0.538. The molecule has 2 aliphatic rings. The molecule has 3 heterocycles. The van der Waals surface area contributed by atoms with E-state index >= 15 is 0 Å². The topological polar surface area (TPSA) is 55.2 Å². The number of hydrogen-bond acceptors (Lipinski definition) is 5. The van der Waals surface area contributed by atoms with Gasteiger partial charge in [-0.2, -0.15) is 0 Å². The lowest BCUT2D eigenvalue weighted by Crippen LogP contribution is -2.58. The van der Waals surface area contributed by atoms with Crippen LogP contribution in [0.25, 0.3) is 0 Å². The van der Waals surface area contributed by atoms with Gasteiger partial charge in [0.1, 0.15) is 6.26 Å². The van der Waals surface area contributed by atoms with Crippen LogP contribution in [0.4, 0.5) is 0 Å². The van der Waals surface area contributed by atoms with Gasteiger partial charge in [-0.05, 0) is 39.4 Å². The maximum Gasteiger partial charge on any atom is 0.257 e. The Bertz CT molecular complexity index is 531. The molecule has 24 heavy (non-hydrogen) atoms. The van der Waals surface area contributed by atoms with Crippen LogP contribution in [0.2, 0.25) is 0 Å². The number of likely N-dealkylation sites (tertiary alicyclic amines) is 1. The minimum absolute atomic E-state index is 0.0421. The second-order valence-corrected chi connectivity index (χ2v) is 7.21. The molecule has 6 nitrogen and oxygen atoms in total. The summed E-state index contributed by atoms with van der Waals surface area (Å²) in [6.45, 7) is 4.51. The quantitative estimate of drug-likeness (QED) is 0.742. The smallest absolute Gasteiger partial charge is 0.257 e. The van der Waals surface area contributed by atoms with Crippen LogP contribution in [0, 0.1) is 5.41 Å². The first-order chi connectivity index (χ1) is 11.6. The predicted octanol–water partition coefficient (Wildman–Crippen LogP) is 1.87. The molecule has 0 spiro atoms. The molecule has 1 aromatic heterocycles. The maximum atomic E-state index is 12.7. The van der Waals surface area contributed by atoms with Crippen molar-refractivity contribution in [3.8, 4) is 0 Å². The van der Waals surface area contributed by atoms with Gasteiger partial charge in [0.05, 0.1) is 31.1 Å². The summed E-state index contributed by atoms with van der Waals surface area (Å²) < 4.78 is 17.1. The fourth-order valence-electron chi connectivity index (χ4n) is 3.77. The molecule has 1 amide bonds. The summed E-state index contributed by atoms with van der Waals surface area (Å²) in [6.07, 6.45) is 6.21. The molecule has 0 unspecified atom stereocenters. The third kappa shape index (κ3) is 3.82. The second-order valence-electron chi connectivity index (χ2n) is 7.21. The number of likely N-dealkylation sites (N-methyl/N-ethyl adjacent to an activating group) is 1. The van der Waals surface area contributed by atoms with Crippen molar-refractivity contribution in [1.29, 1.82) is 0 Å². The number of amides is 1. The first-order valence-electron chi connectivity index (χ1n) is 8.76. The number of piperidine rings is 1. The Morgan fingerprint density at radius 2 is 2.38 bits per heavy atom. The Balaban J connectivity index is 1.66. The van der Waals surface area contributed by atoms with E-state index in [1.54, 1.807) is 12.3 Å². The first-order valence-corrected chi connectivity index (χ1v) is 8.76. The minimum atomic E-state index is -0.0811. The van der Waals surface area contributed by atoms with Crippen LogP contribution in [0.5, 0.6) is 0 Å². The SMILES string of the molecule is CN(C)CCOC[C@@]12CCCO[C@H]1CCN(C(=O)c1ccoc1)C2. The molecule has 2 saturated heterocycles. The summed E-state index contributed by atoms with van der Waals surface area (Å²) in [4.78, 5) is 16.7. The van der Waals surface area contributed by atoms with Gasteiger partial charge in [-0.25, -0.2) is 0 Å². The number of ether oxygens (including phenoxy) is 2. The van der Waals surface area contributed by atoms with E-state index in [0.717, 1.165) is 39.0 Å². The lowest BCUT2D eigenvalue weighted by atomic mass is 9.73. The minimum Gasteiger partial charge on any atom is -0.472 e. The van der Waals surface area contributed by atoms with Gasteiger partial charge in [-0.15, -0.1) is 0 Å². The largest absolute Gasteiger partial charge is 0.472 e. The molecular formula is C18H28N2O4. The van der Waals surface area contributed by atoms with Gasteiger partial charge < -0.3 is 23.7 Å². The number of furan rings is 1. The zero-order valence-electron chi connectivity index (χ0n) is 14.7. The molecular weight excluding hydrogens is 308 g/mol. The number of hydrogen-bond donors (Lipinski definition) is 0. The van der Waals surface area contributed by atoms with Crippen LogP contribution >= 0.6 is 0 Å². The Morgan fingerprint density at radius 1 is 1.50 bits per heavy atom. The molecule has 0 bridgehead atoms. The number of carbonyl (C=O) groups is 1. The number of carbonyl (C=O) groups excluding carboxylic acids is 1. The highest BCUT2D eigenvalue weighted by molar-refractivity contribution is 5.93. The van der Waals surface area contributed by atoms with Gasteiger partial charge >= 0.3 is 0 Å². The van der Waals surface area contributed by atoms with Crippen LogP contribution in [0.1, 0.15) is 29.6 Å². The number of fused-ring (bicyclic) bond motifs is 1. The Labute approximate surface area is 143 Å². The number of rotatable bonds is 6. The molecule has 0 saturated carbocycles. The first kappa shape index (κ1) is 17.5. The third-order valence-electron chi connectivity index (χ3n) is 5.12. The fourth-order valence-corrected chi connectivity index (χ4v) is 3.77. The van der Waals surface area contributed by atoms with Crippen molar-refractivity contribution in [2.24, 2.45) is 5.41 Å². The average Bonchev–Trinajstić information content (AvgIpc) is 3.12. The van der Waals surface area contributed by atoms with Crippen molar-refractivity contribution in [3.05, 3.63) is 24.2 Å². The van der Waals surface area contributed by atoms with E-state index in [1.165, 1.54) is 6.26 Å². The van der Waals surface area contributed by atoms with Crippen molar-refractivity contribution in [3.63, 3.8) is 0 Å². The normalized spacial score (nSPS) is 27.3. The van der Waals surface area contributed by atoms with Crippen LogP contribution in [0.15, 0.2) is 23.0 Å². The zero-order chi connectivity index (χ0) is 17.0. The summed E-state index contributed by atoms with van der Waals surface area (Å²) in [7, 11) is 4.08. The summed E-state index contributed by atoms with van der Waals surface area (Å²) >= 11 is 0. The molecule has 6 heteroatoms. The Hall–Kier alpha value is -1.37. The van der Waals surface area contributed by atoms with Gasteiger partial charge in [0.2, 0.25) is 0 Å². The van der Waals surface area contributed by atoms with Crippen LogP contribution in [-0.2, 0) is 9.47 Å². The standard InChI is InChI=1S/C18H28N2O4/c1-19(2)8-11-23-14-18-6-3-9-24-16(18)4-7-20(13-18)17(21)15-5-10-22-12-15/h5,10,12,16H,3-4,6-9,11,13-14H2,1-2H3/t16-,18-/m0/s1. The van der Waals surface area contributed by atoms with Gasteiger partial charge in [0.25, 0.3) is 5.91 Å². The third-order valence-corrected chi connectivity index (χ3v) is 5.12. The summed E-state index contributed by atoms with van der Waals surface area (Å²) in [5.74, 6) is 0.0421. The van der Waals surface area contributed by atoms with E-state index in [4.69, 9.17) is 13.9 Å². The lowest BCUT2D eigenvalue weighted by Gasteiger charge is -2.50. The molecule has 0 radical (unpaired) electrons. The van der Waals surface area contributed by atoms with Crippen molar-refractivity contribution in [2.75, 3.05) is 53.6 Å². The predicted molar refractivity (Wildman–Crippen MR) is 90.0 cm³/mol. The van der Waals surface area contributed by atoms with Crippen LogP contribution in [-0.4, -0.2) is 75.4 Å². The average molecular weight is 336 g/mol. The van der Waals surface area contributed by atoms with Gasteiger partial charge in [0, 0.05) is 31.7 Å². The second kappa shape index (κ2) is 7.68. The van der Waals surface area contributed by atoms with Crippen molar-refractivity contribution in [1.82, 2.24) is 9.80 Å². The maximum absolute atomic E-state index is 12.7. The monoisotopic (exact) mass is 336 g/mol. The van der Waals surface area contributed by atoms with Gasteiger partial charge in [-0.3, -0.25) is 4.79 Å². The molecule has 2 atom stereocenters. The highest BCUT2D eigenvalue weighted by Gasteiger charge is 2.47. The van der Waals surface area contributed by atoms with E-state index in [2.05, 4.69) is 4.90 Å². The molecule has 2 aliphatic heterocycles.